The standard InChI is InChI=1S/C6H12N4O3/c7-10(5(11)6(12)13)9-3-1-8-2-4-9/h8H,1-4,7H2,(H,12,13). The van der Waals surface area contributed by atoms with Crippen LogP contribution in [-0.4, -0.2) is 53.3 Å². The maximum atomic E-state index is 10.9. The molecule has 4 N–H and O–H groups in total. The number of carboxylic acids is 1. The Hall–Kier alpha value is -1.18. The smallest absolute Gasteiger partial charge is 0.397 e. The first-order valence-corrected chi connectivity index (χ1v) is 3.90. The summed E-state index contributed by atoms with van der Waals surface area (Å²) in [5.74, 6) is 2.64. The normalized spacial score (nSPS) is 18.2. The van der Waals surface area contributed by atoms with E-state index in [0.717, 1.165) is 0 Å². The number of carboxylic acid groups (broad SMARTS) is 1. The van der Waals surface area contributed by atoms with Gasteiger partial charge in [-0.3, -0.25) is 4.79 Å². The van der Waals surface area contributed by atoms with Crippen molar-refractivity contribution < 1.29 is 14.7 Å². The van der Waals surface area contributed by atoms with E-state index in [1.54, 1.807) is 0 Å². The Morgan fingerprint density at radius 3 is 2.38 bits per heavy atom. The quantitative estimate of drug-likeness (QED) is 0.183. The van der Waals surface area contributed by atoms with Crippen molar-refractivity contribution in [1.29, 1.82) is 0 Å². The molecule has 1 heterocycles. The summed E-state index contributed by atoms with van der Waals surface area (Å²) in [5.41, 5.74) is 0. The number of rotatable bonds is 1. The molecule has 0 aromatic heterocycles. The van der Waals surface area contributed by atoms with Gasteiger partial charge in [-0.05, 0) is 0 Å². The van der Waals surface area contributed by atoms with Gasteiger partial charge in [-0.1, -0.05) is 0 Å². The highest BCUT2D eigenvalue weighted by Crippen LogP contribution is 1.95. The molecule has 74 valence electrons. The Bertz CT molecular complexity index is 214. The Kier molecular flexibility index (Phi) is 3.18. The van der Waals surface area contributed by atoms with Crippen LogP contribution in [0.15, 0.2) is 0 Å². The van der Waals surface area contributed by atoms with Gasteiger partial charge >= 0.3 is 11.9 Å². The van der Waals surface area contributed by atoms with E-state index in [9.17, 15) is 9.59 Å². The van der Waals surface area contributed by atoms with Crippen molar-refractivity contribution >= 4 is 11.9 Å². The van der Waals surface area contributed by atoms with Crippen LogP contribution in [0, 0.1) is 0 Å². The summed E-state index contributed by atoms with van der Waals surface area (Å²) in [6.45, 7) is 2.46. The first-order valence-electron chi connectivity index (χ1n) is 3.90. The minimum atomic E-state index is -1.54. The molecule has 1 amide bonds. The average Bonchev–Trinajstić information content (AvgIpc) is 2.17. The van der Waals surface area contributed by atoms with Gasteiger partial charge in [-0.25, -0.2) is 15.6 Å². The van der Waals surface area contributed by atoms with Gasteiger partial charge in [0.2, 0.25) is 0 Å². The Morgan fingerprint density at radius 1 is 1.38 bits per heavy atom. The van der Waals surface area contributed by atoms with E-state index in [0.29, 0.717) is 31.3 Å². The molecule has 0 radical (unpaired) electrons. The Balaban J connectivity index is 2.49. The third kappa shape index (κ3) is 2.38. The molecule has 0 atom stereocenters. The summed E-state index contributed by atoms with van der Waals surface area (Å²) in [4.78, 5) is 21.2. The van der Waals surface area contributed by atoms with E-state index in [4.69, 9.17) is 10.9 Å². The molecule has 0 aliphatic carbocycles. The minimum Gasteiger partial charge on any atom is -0.474 e. The van der Waals surface area contributed by atoms with Gasteiger partial charge in [0.1, 0.15) is 0 Å². The van der Waals surface area contributed by atoms with E-state index in [-0.39, 0.29) is 0 Å². The first kappa shape index (κ1) is 9.90. The van der Waals surface area contributed by atoms with Gasteiger partial charge in [0.25, 0.3) is 0 Å². The summed E-state index contributed by atoms with van der Waals surface area (Å²) in [6, 6.07) is 0. The summed E-state index contributed by atoms with van der Waals surface area (Å²) in [7, 11) is 0. The number of nitrogens with zero attached hydrogens (tertiary/aromatic N) is 2. The fourth-order valence-electron chi connectivity index (χ4n) is 1.09. The number of piperazine rings is 1. The summed E-state index contributed by atoms with van der Waals surface area (Å²) >= 11 is 0. The van der Waals surface area contributed by atoms with E-state index in [1.165, 1.54) is 5.01 Å². The monoisotopic (exact) mass is 188 g/mol. The molecule has 1 rings (SSSR count). The largest absolute Gasteiger partial charge is 0.474 e. The third-order valence-corrected chi connectivity index (χ3v) is 1.79. The number of aliphatic carboxylic acids is 1. The first-order chi connectivity index (χ1) is 6.13. The van der Waals surface area contributed by atoms with Crippen LogP contribution in [-0.2, 0) is 9.59 Å². The second kappa shape index (κ2) is 4.17. The molecule has 7 nitrogen and oxygen atoms in total. The number of hydrazine groups is 2. The molecule has 0 aromatic carbocycles. The average molecular weight is 188 g/mol. The van der Waals surface area contributed by atoms with Gasteiger partial charge in [0, 0.05) is 26.2 Å². The topological polar surface area (TPSA) is 98.9 Å². The second-order valence-corrected chi connectivity index (χ2v) is 2.66. The van der Waals surface area contributed by atoms with E-state index in [1.807, 2.05) is 0 Å². The van der Waals surface area contributed by atoms with Crippen molar-refractivity contribution in [3.8, 4) is 0 Å². The fraction of sp³-hybridized carbons (Fsp3) is 0.667. The van der Waals surface area contributed by atoms with Crippen LogP contribution in [0.5, 0.6) is 0 Å². The molecule has 1 fully saturated rings. The molecule has 0 spiro atoms. The number of hydrogen-bond donors (Lipinski definition) is 3. The van der Waals surface area contributed by atoms with E-state index < -0.39 is 11.9 Å². The Morgan fingerprint density at radius 2 is 1.92 bits per heavy atom. The molecular formula is C6H12N4O3. The van der Waals surface area contributed by atoms with Gasteiger partial charge < -0.3 is 10.4 Å². The van der Waals surface area contributed by atoms with Gasteiger partial charge in [0.05, 0.1) is 0 Å². The summed E-state index contributed by atoms with van der Waals surface area (Å²) < 4.78 is 0. The number of amides is 1. The van der Waals surface area contributed by atoms with Crippen LogP contribution >= 0.6 is 0 Å². The predicted octanol–water partition coefficient (Wildman–Crippen LogP) is -2.41. The van der Waals surface area contributed by atoms with Gasteiger partial charge in [0.15, 0.2) is 0 Å². The number of nitrogens with two attached hydrogens (primary N) is 1. The lowest BCUT2D eigenvalue weighted by molar-refractivity contribution is -0.167. The highest BCUT2D eigenvalue weighted by Gasteiger charge is 2.24. The van der Waals surface area contributed by atoms with Crippen LogP contribution in [0.4, 0.5) is 0 Å². The molecule has 0 aromatic rings. The number of nitrogens with one attached hydrogen (secondary N) is 1. The molecule has 13 heavy (non-hydrogen) atoms. The molecule has 0 bridgehead atoms. The zero-order valence-corrected chi connectivity index (χ0v) is 7.06. The number of hydrogen-bond acceptors (Lipinski definition) is 5. The molecular weight excluding hydrogens is 176 g/mol. The predicted molar refractivity (Wildman–Crippen MR) is 43.1 cm³/mol. The van der Waals surface area contributed by atoms with Crippen LogP contribution in [0.25, 0.3) is 0 Å². The number of carbonyl (C=O) groups excluding carboxylic acids is 1. The van der Waals surface area contributed by atoms with Crippen molar-refractivity contribution in [2.75, 3.05) is 26.2 Å². The SMILES string of the molecule is NN(C(=O)C(=O)O)N1CCNCC1. The van der Waals surface area contributed by atoms with E-state index >= 15 is 0 Å². The van der Waals surface area contributed by atoms with Crippen LogP contribution in [0.1, 0.15) is 0 Å². The van der Waals surface area contributed by atoms with Crippen LogP contribution in [0.3, 0.4) is 0 Å². The molecule has 0 saturated carbocycles. The van der Waals surface area contributed by atoms with Crippen LogP contribution < -0.4 is 11.2 Å². The molecule has 1 aliphatic heterocycles. The Labute approximate surface area is 75.0 Å². The summed E-state index contributed by atoms with van der Waals surface area (Å²) in [5, 5.41) is 13.6. The molecule has 1 saturated heterocycles. The fourth-order valence-corrected chi connectivity index (χ4v) is 1.09. The molecule has 7 heteroatoms. The zero-order valence-electron chi connectivity index (χ0n) is 7.06. The maximum Gasteiger partial charge on any atom is 0.397 e. The minimum absolute atomic E-state index is 0.537. The zero-order chi connectivity index (χ0) is 9.84. The van der Waals surface area contributed by atoms with Crippen molar-refractivity contribution in [2.24, 2.45) is 5.84 Å². The van der Waals surface area contributed by atoms with Gasteiger partial charge in [-0.2, -0.15) is 5.12 Å². The van der Waals surface area contributed by atoms with Crippen molar-refractivity contribution in [1.82, 2.24) is 15.4 Å². The van der Waals surface area contributed by atoms with Crippen LogP contribution in [0.2, 0.25) is 0 Å². The van der Waals surface area contributed by atoms with Crippen molar-refractivity contribution in [2.45, 2.75) is 0 Å². The highest BCUT2D eigenvalue weighted by atomic mass is 16.4. The summed E-state index contributed by atoms with van der Waals surface area (Å²) in [6.07, 6.45) is 0. The van der Waals surface area contributed by atoms with Crippen molar-refractivity contribution in [3.63, 3.8) is 0 Å². The molecule has 0 unspecified atom stereocenters. The lowest BCUT2D eigenvalue weighted by Gasteiger charge is -2.32. The highest BCUT2D eigenvalue weighted by molar-refractivity contribution is 6.31. The van der Waals surface area contributed by atoms with Crippen molar-refractivity contribution in [3.05, 3.63) is 0 Å². The third-order valence-electron chi connectivity index (χ3n) is 1.79. The number of carbonyl (C=O) groups is 2. The lowest BCUT2D eigenvalue weighted by atomic mass is 10.4. The second-order valence-electron chi connectivity index (χ2n) is 2.66. The van der Waals surface area contributed by atoms with Gasteiger partial charge in [-0.15, -0.1) is 0 Å². The molecule has 1 aliphatic rings. The maximum absolute atomic E-state index is 10.9. The van der Waals surface area contributed by atoms with E-state index in [2.05, 4.69) is 5.32 Å². The lowest BCUT2D eigenvalue weighted by Crippen LogP contribution is -2.59.